The molecule has 18 heavy (non-hydrogen) atoms. The number of aliphatic hydroxyl groups is 1. The Hall–Kier alpha value is -1.16. The van der Waals surface area contributed by atoms with Crippen molar-refractivity contribution in [2.24, 2.45) is 5.92 Å². The third-order valence-corrected chi connectivity index (χ3v) is 3.05. The summed E-state index contributed by atoms with van der Waals surface area (Å²) in [5.74, 6) is -0.125. The zero-order chi connectivity index (χ0) is 13.5. The molecule has 3 nitrogen and oxygen atoms in total. The van der Waals surface area contributed by atoms with Crippen LogP contribution in [0.2, 0.25) is 0 Å². The minimum Gasteiger partial charge on any atom is -0.388 e. The van der Waals surface area contributed by atoms with E-state index >= 15 is 0 Å². The van der Waals surface area contributed by atoms with Crippen molar-refractivity contribution in [2.45, 2.75) is 26.2 Å². The molecule has 0 heterocycles. The summed E-state index contributed by atoms with van der Waals surface area (Å²) in [5.41, 5.74) is 1.97. The SMILES string of the molecule is COC(OC)[C@@H](C)[C@H](O)/C(C)=C/c1ccccc1. The van der Waals surface area contributed by atoms with Crippen LogP contribution in [0.15, 0.2) is 35.9 Å². The highest BCUT2D eigenvalue weighted by Crippen LogP contribution is 2.20. The molecular formula is C15H22O3. The molecule has 0 spiro atoms. The molecule has 0 aliphatic heterocycles. The first-order chi connectivity index (χ1) is 8.60. The van der Waals surface area contributed by atoms with Crippen LogP contribution in [-0.2, 0) is 9.47 Å². The number of aliphatic hydroxyl groups excluding tert-OH is 1. The van der Waals surface area contributed by atoms with Gasteiger partial charge in [-0.25, -0.2) is 0 Å². The Morgan fingerprint density at radius 1 is 1.17 bits per heavy atom. The average molecular weight is 250 g/mol. The summed E-state index contributed by atoms with van der Waals surface area (Å²) < 4.78 is 10.3. The summed E-state index contributed by atoms with van der Waals surface area (Å²) in [6, 6.07) is 9.93. The van der Waals surface area contributed by atoms with Gasteiger partial charge in [-0.3, -0.25) is 0 Å². The zero-order valence-corrected chi connectivity index (χ0v) is 11.5. The van der Waals surface area contributed by atoms with Gasteiger partial charge in [0.1, 0.15) is 0 Å². The molecule has 2 atom stereocenters. The van der Waals surface area contributed by atoms with Crippen molar-refractivity contribution in [3.8, 4) is 0 Å². The van der Waals surface area contributed by atoms with Gasteiger partial charge in [0.05, 0.1) is 6.10 Å². The van der Waals surface area contributed by atoms with E-state index in [2.05, 4.69) is 0 Å². The maximum absolute atomic E-state index is 10.3. The Bertz CT molecular complexity index is 369. The monoisotopic (exact) mass is 250 g/mol. The van der Waals surface area contributed by atoms with Crippen molar-refractivity contribution in [2.75, 3.05) is 14.2 Å². The number of rotatable bonds is 6. The topological polar surface area (TPSA) is 38.7 Å². The van der Waals surface area contributed by atoms with Gasteiger partial charge in [-0.1, -0.05) is 43.3 Å². The van der Waals surface area contributed by atoms with Crippen LogP contribution in [0.1, 0.15) is 19.4 Å². The molecule has 0 aromatic heterocycles. The summed E-state index contributed by atoms with van der Waals surface area (Å²) in [5, 5.41) is 10.3. The van der Waals surface area contributed by atoms with Crippen molar-refractivity contribution in [1.82, 2.24) is 0 Å². The Labute approximate surface area is 109 Å². The van der Waals surface area contributed by atoms with Gasteiger partial charge in [0.2, 0.25) is 0 Å². The van der Waals surface area contributed by atoms with Gasteiger partial charge < -0.3 is 14.6 Å². The molecule has 1 aromatic carbocycles. The molecular weight excluding hydrogens is 228 g/mol. The number of hydrogen-bond donors (Lipinski definition) is 1. The molecule has 0 amide bonds. The molecule has 100 valence electrons. The second-order valence-corrected chi connectivity index (χ2v) is 4.44. The summed E-state index contributed by atoms with van der Waals surface area (Å²) in [6.45, 7) is 3.82. The largest absolute Gasteiger partial charge is 0.388 e. The molecule has 0 aliphatic carbocycles. The van der Waals surface area contributed by atoms with Gasteiger partial charge >= 0.3 is 0 Å². The molecule has 1 rings (SSSR count). The maximum atomic E-state index is 10.3. The first kappa shape index (κ1) is 14.9. The fourth-order valence-electron chi connectivity index (χ4n) is 1.99. The lowest BCUT2D eigenvalue weighted by Crippen LogP contribution is -2.32. The van der Waals surface area contributed by atoms with Gasteiger partial charge in [0, 0.05) is 20.1 Å². The van der Waals surface area contributed by atoms with E-state index in [0.717, 1.165) is 11.1 Å². The van der Waals surface area contributed by atoms with E-state index in [-0.39, 0.29) is 5.92 Å². The fraction of sp³-hybridized carbons (Fsp3) is 0.467. The third kappa shape index (κ3) is 3.95. The first-order valence-electron chi connectivity index (χ1n) is 6.07. The van der Waals surface area contributed by atoms with Crippen LogP contribution in [0.5, 0.6) is 0 Å². The van der Waals surface area contributed by atoms with Crippen molar-refractivity contribution >= 4 is 6.08 Å². The Morgan fingerprint density at radius 2 is 1.72 bits per heavy atom. The number of methoxy groups -OCH3 is 2. The highest BCUT2D eigenvalue weighted by molar-refractivity contribution is 5.53. The van der Waals surface area contributed by atoms with Crippen molar-refractivity contribution in [3.05, 3.63) is 41.5 Å². The van der Waals surface area contributed by atoms with Gasteiger partial charge in [-0.05, 0) is 18.1 Å². The lowest BCUT2D eigenvalue weighted by Gasteiger charge is -2.26. The Kier molecular flexibility index (Phi) is 6.05. The van der Waals surface area contributed by atoms with E-state index in [1.54, 1.807) is 14.2 Å². The number of hydrogen-bond acceptors (Lipinski definition) is 3. The second-order valence-electron chi connectivity index (χ2n) is 4.44. The number of ether oxygens (including phenoxy) is 2. The summed E-state index contributed by atoms with van der Waals surface area (Å²) in [6.07, 6.45) is 0.984. The molecule has 0 bridgehead atoms. The van der Waals surface area contributed by atoms with Crippen LogP contribution < -0.4 is 0 Å². The normalized spacial score (nSPS) is 15.8. The Balaban J connectivity index is 2.77. The standard InChI is InChI=1S/C15H22O3/c1-11(10-13-8-6-5-7-9-13)14(16)12(2)15(17-3)18-4/h5-10,12,14-16H,1-4H3/b11-10+/t12-,14+/m0/s1. The number of benzene rings is 1. The van der Waals surface area contributed by atoms with Crippen LogP contribution in [0.25, 0.3) is 6.08 Å². The fourth-order valence-corrected chi connectivity index (χ4v) is 1.99. The van der Waals surface area contributed by atoms with Crippen LogP contribution in [0, 0.1) is 5.92 Å². The van der Waals surface area contributed by atoms with E-state index in [9.17, 15) is 5.11 Å². The summed E-state index contributed by atoms with van der Waals surface area (Å²) in [7, 11) is 3.15. The molecule has 0 saturated carbocycles. The highest BCUT2D eigenvalue weighted by Gasteiger charge is 2.24. The lowest BCUT2D eigenvalue weighted by atomic mass is 9.96. The smallest absolute Gasteiger partial charge is 0.162 e. The van der Waals surface area contributed by atoms with Gasteiger partial charge in [0.15, 0.2) is 6.29 Å². The molecule has 0 radical (unpaired) electrons. The lowest BCUT2D eigenvalue weighted by molar-refractivity contribution is -0.151. The third-order valence-electron chi connectivity index (χ3n) is 3.05. The first-order valence-corrected chi connectivity index (χ1v) is 6.07. The second kappa shape index (κ2) is 7.31. The van der Waals surface area contributed by atoms with Crippen LogP contribution in [-0.4, -0.2) is 31.7 Å². The van der Waals surface area contributed by atoms with Gasteiger partial charge in [-0.2, -0.15) is 0 Å². The van der Waals surface area contributed by atoms with Gasteiger partial charge in [-0.15, -0.1) is 0 Å². The zero-order valence-electron chi connectivity index (χ0n) is 11.5. The maximum Gasteiger partial charge on any atom is 0.162 e. The minimum absolute atomic E-state index is 0.125. The molecule has 0 unspecified atom stereocenters. The molecule has 1 N–H and O–H groups in total. The van der Waals surface area contributed by atoms with E-state index in [1.807, 2.05) is 50.3 Å². The highest BCUT2D eigenvalue weighted by atomic mass is 16.7. The molecule has 1 aromatic rings. The van der Waals surface area contributed by atoms with Crippen LogP contribution in [0.3, 0.4) is 0 Å². The van der Waals surface area contributed by atoms with Crippen molar-refractivity contribution in [3.63, 3.8) is 0 Å². The van der Waals surface area contributed by atoms with Crippen LogP contribution in [0.4, 0.5) is 0 Å². The predicted octanol–water partition coefficient (Wildman–Crippen LogP) is 2.71. The van der Waals surface area contributed by atoms with Crippen LogP contribution >= 0.6 is 0 Å². The predicted molar refractivity (Wildman–Crippen MR) is 73.1 cm³/mol. The molecule has 0 fully saturated rings. The molecule has 0 aliphatic rings. The van der Waals surface area contributed by atoms with E-state index in [1.165, 1.54) is 0 Å². The minimum atomic E-state index is -0.588. The van der Waals surface area contributed by atoms with E-state index < -0.39 is 12.4 Å². The van der Waals surface area contributed by atoms with E-state index in [4.69, 9.17) is 9.47 Å². The molecule has 0 saturated heterocycles. The van der Waals surface area contributed by atoms with Gasteiger partial charge in [0.25, 0.3) is 0 Å². The summed E-state index contributed by atoms with van der Waals surface area (Å²) in [4.78, 5) is 0. The Morgan fingerprint density at radius 3 is 2.22 bits per heavy atom. The quantitative estimate of drug-likeness (QED) is 0.789. The van der Waals surface area contributed by atoms with E-state index in [0.29, 0.717) is 0 Å². The van der Waals surface area contributed by atoms with Crippen molar-refractivity contribution < 1.29 is 14.6 Å². The average Bonchev–Trinajstić information content (AvgIpc) is 2.40. The summed E-state index contributed by atoms with van der Waals surface area (Å²) >= 11 is 0. The molecule has 3 heteroatoms. The van der Waals surface area contributed by atoms with Crippen molar-refractivity contribution in [1.29, 1.82) is 0 Å².